The zero-order valence-electron chi connectivity index (χ0n) is 13.0. The molecule has 0 fully saturated rings. The van der Waals surface area contributed by atoms with Crippen LogP contribution in [0.1, 0.15) is 26.3 Å². The molecule has 0 bridgehead atoms. The normalized spacial score (nSPS) is 13.5. The second kappa shape index (κ2) is 6.44. The number of halogens is 3. The molecule has 2 aromatic carbocycles. The molecule has 3 rings (SSSR count). The van der Waals surface area contributed by atoms with Crippen molar-refractivity contribution in [2.75, 3.05) is 17.9 Å². The van der Waals surface area contributed by atoms with Gasteiger partial charge < -0.3 is 4.74 Å². The third-order valence-corrected chi connectivity index (χ3v) is 4.79. The highest BCUT2D eigenvalue weighted by atomic mass is 32.2. The number of amides is 1. The molecule has 0 saturated heterocycles. The molecule has 4 nitrogen and oxygen atoms in total. The number of hydrogen-bond donors (Lipinski definition) is 0. The van der Waals surface area contributed by atoms with Crippen LogP contribution >= 0.6 is 11.8 Å². The van der Waals surface area contributed by atoms with Gasteiger partial charge in [-0.3, -0.25) is 14.5 Å². The zero-order chi connectivity index (χ0) is 18.2. The maximum atomic E-state index is 13.3. The Labute approximate surface area is 145 Å². The molecule has 0 spiro atoms. The molecule has 0 saturated carbocycles. The first-order valence-electron chi connectivity index (χ1n) is 7.15. The average Bonchev–Trinajstić information content (AvgIpc) is 3.03. The molecule has 0 unspecified atom stereocenters. The number of ether oxygens (including phenoxy) is 1. The summed E-state index contributed by atoms with van der Waals surface area (Å²) in [5, 5.41) is 0. The van der Waals surface area contributed by atoms with Crippen molar-refractivity contribution in [1.29, 1.82) is 0 Å². The van der Waals surface area contributed by atoms with E-state index in [0.29, 0.717) is 11.6 Å². The van der Waals surface area contributed by atoms with Gasteiger partial charge in [-0.1, -0.05) is 12.1 Å². The lowest BCUT2D eigenvalue weighted by Gasteiger charge is -2.19. The van der Waals surface area contributed by atoms with Gasteiger partial charge in [-0.2, -0.15) is 13.2 Å². The summed E-state index contributed by atoms with van der Waals surface area (Å²) in [7, 11) is 1.05. The van der Waals surface area contributed by atoms with Crippen LogP contribution in [0.5, 0.6) is 5.75 Å². The van der Waals surface area contributed by atoms with Crippen molar-refractivity contribution in [3.05, 3.63) is 53.1 Å². The second-order valence-corrected chi connectivity index (χ2v) is 6.22. The number of para-hydroxylation sites is 1. The summed E-state index contributed by atoms with van der Waals surface area (Å²) in [6, 6.07) is 8.96. The first-order valence-corrected chi connectivity index (χ1v) is 8.13. The Morgan fingerprint density at radius 1 is 1.28 bits per heavy atom. The van der Waals surface area contributed by atoms with Gasteiger partial charge in [0.1, 0.15) is 5.75 Å². The molecule has 0 aliphatic carbocycles. The van der Waals surface area contributed by atoms with Gasteiger partial charge in [-0.05, 0) is 24.3 Å². The first kappa shape index (κ1) is 17.3. The third kappa shape index (κ3) is 3.09. The Kier molecular flexibility index (Phi) is 4.47. The summed E-state index contributed by atoms with van der Waals surface area (Å²) in [5.41, 5.74) is -1.05. The van der Waals surface area contributed by atoms with E-state index in [1.54, 1.807) is 12.1 Å². The smallest absolute Gasteiger partial charge is 0.420 e. The minimum atomic E-state index is -4.75. The van der Waals surface area contributed by atoms with Crippen LogP contribution in [-0.4, -0.2) is 25.2 Å². The highest BCUT2D eigenvalue weighted by Crippen LogP contribution is 2.41. The molecular formula is C17H12F3NO3S. The van der Waals surface area contributed by atoms with E-state index in [1.807, 2.05) is 12.1 Å². The summed E-state index contributed by atoms with van der Waals surface area (Å²) in [6.45, 7) is 0. The number of aldehydes is 1. The maximum absolute atomic E-state index is 13.3. The van der Waals surface area contributed by atoms with Gasteiger partial charge in [-0.25, -0.2) is 0 Å². The van der Waals surface area contributed by atoms with Crippen molar-refractivity contribution in [3.63, 3.8) is 0 Å². The maximum Gasteiger partial charge on any atom is 0.420 e. The van der Waals surface area contributed by atoms with Crippen LogP contribution in [0, 0.1) is 0 Å². The van der Waals surface area contributed by atoms with Gasteiger partial charge in [0.15, 0.2) is 6.29 Å². The molecule has 0 N–H and O–H groups in total. The zero-order valence-corrected chi connectivity index (χ0v) is 13.8. The lowest BCUT2D eigenvalue weighted by atomic mass is 10.0. The van der Waals surface area contributed by atoms with E-state index in [9.17, 15) is 22.8 Å². The number of thioether (sulfide) groups is 1. The minimum absolute atomic E-state index is 0.215. The highest BCUT2D eigenvalue weighted by Gasteiger charge is 2.37. The van der Waals surface area contributed by atoms with Crippen LogP contribution in [-0.2, 0) is 6.18 Å². The fourth-order valence-corrected chi connectivity index (χ4v) is 3.66. The molecule has 1 aliphatic heterocycles. The van der Waals surface area contributed by atoms with E-state index < -0.39 is 23.4 Å². The molecule has 130 valence electrons. The molecule has 1 heterocycles. The van der Waals surface area contributed by atoms with Gasteiger partial charge >= 0.3 is 6.18 Å². The van der Waals surface area contributed by atoms with E-state index in [0.717, 1.165) is 24.1 Å². The number of rotatable bonds is 3. The molecule has 1 amide bonds. The second-order valence-electron chi connectivity index (χ2n) is 5.24. The summed E-state index contributed by atoms with van der Waals surface area (Å²) >= 11 is 1.41. The third-order valence-electron chi connectivity index (χ3n) is 3.75. The lowest BCUT2D eigenvalue weighted by Crippen LogP contribution is -2.28. The number of fused-ring (bicyclic) bond motifs is 1. The van der Waals surface area contributed by atoms with Crippen molar-refractivity contribution < 1.29 is 27.5 Å². The molecule has 2 aromatic rings. The highest BCUT2D eigenvalue weighted by molar-refractivity contribution is 8.00. The monoisotopic (exact) mass is 367 g/mol. The van der Waals surface area contributed by atoms with Crippen LogP contribution in [0.25, 0.3) is 0 Å². The van der Waals surface area contributed by atoms with Crippen LogP contribution in [0.4, 0.5) is 18.9 Å². The Morgan fingerprint density at radius 3 is 2.64 bits per heavy atom. The number of hydrogen-bond acceptors (Lipinski definition) is 4. The molecule has 0 atom stereocenters. The van der Waals surface area contributed by atoms with Crippen molar-refractivity contribution in [1.82, 2.24) is 0 Å². The van der Waals surface area contributed by atoms with Gasteiger partial charge in [0.25, 0.3) is 5.91 Å². The van der Waals surface area contributed by atoms with Crippen LogP contribution in [0.3, 0.4) is 0 Å². The molecule has 1 aliphatic rings. The van der Waals surface area contributed by atoms with E-state index in [4.69, 9.17) is 4.74 Å². The van der Waals surface area contributed by atoms with E-state index in [1.165, 1.54) is 16.7 Å². The lowest BCUT2D eigenvalue weighted by molar-refractivity contribution is -0.138. The Morgan fingerprint density at radius 2 is 2.00 bits per heavy atom. The number of nitrogens with zero attached hydrogens (tertiary/aromatic N) is 1. The first-order chi connectivity index (χ1) is 11.9. The van der Waals surface area contributed by atoms with Crippen LogP contribution < -0.4 is 9.64 Å². The number of alkyl halides is 3. The predicted molar refractivity (Wildman–Crippen MR) is 87.4 cm³/mol. The quantitative estimate of drug-likeness (QED) is 0.762. The molecular weight excluding hydrogens is 355 g/mol. The summed E-state index contributed by atoms with van der Waals surface area (Å²) in [4.78, 5) is 26.2. The summed E-state index contributed by atoms with van der Waals surface area (Å²) in [5.74, 6) is -0.897. The number of benzene rings is 2. The largest absolute Gasteiger partial charge is 0.495 e. The standard InChI is InChI=1S/C17H12F3NO3S/c1-24-15-11(8-22)6-10(7-12(15)17(18,19)20)16(23)21-9-25-14-5-3-2-4-13(14)21/h2-8H,9H2,1H3. The SMILES string of the molecule is COc1c(C=O)cc(C(=O)N2CSc3ccccc32)cc1C(F)(F)F. The topological polar surface area (TPSA) is 46.6 Å². The van der Waals surface area contributed by atoms with Crippen molar-refractivity contribution in [3.8, 4) is 5.75 Å². The average molecular weight is 367 g/mol. The van der Waals surface area contributed by atoms with Crippen LogP contribution in [0.2, 0.25) is 0 Å². The van der Waals surface area contributed by atoms with Crippen molar-refractivity contribution in [2.45, 2.75) is 11.1 Å². The summed E-state index contributed by atoms with van der Waals surface area (Å²) < 4.78 is 44.6. The fraction of sp³-hybridized carbons (Fsp3) is 0.176. The molecule has 0 aromatic heterocycles. The predicted octanol–water partition coefficient (Wildman–Crippen LogP) is 4.24. The van der Waals surface area contributed by atoms with E-state index >= 15 is 0 Å². The van der Waals surface area contributed by atoms with E-state index in [-0.39, 0.29) is 17.4 Å². The number of methoxy groups -OCH3 is 1. The summed E-state index contributed by atoms with van der Waals surface area (Å²) in [6.07, 6.45) is -4.51. The van der Waals surface area contributed by atoms with Crippen molar-refractivity contribution in [2.24, 2.45) is 0 Å². The van der Waals surface area contributed by atoms with Crippen molar-refractivity contribution >= 4 is 29.6 Å². The van der Waals surface area contributed by atoms with Gasteiger partial charge in [0.2, 0.25) is 0 Å². The Balaban J connectivity index is 2.09. The number of carbonyl (C=O) groups is 2. The molecule has 25 heavy (non-hydrogen) atoms. The number of anilines is 1. The Hall–Kier alpha value is -2.48. The fourth-order valence-electron chi connectivity index (χ4n) is 2.63. The van der Waals surface area contributed by atoms with Gasteiger partial charge in [-0.15, -0.1) is 11.8 Å². The molecule has 0 radical (unpaired) electrons. The number of carbonyl (C=O) groups excluding carboxylic acids is 2. The van der Waals surface area contributed by atoms with Gasteiger partial charge in [0.05, 0.1) is 29.8 Å². The molecule has 8 heteroatoms. The van der Waals surface area contributed by atoms with Crippen LogP contribution in [0.15, 0.2) is 41.3 Å². The minimum Gasteiger partial charge on any atom is -0.495 e. The van der Waals surface area contributed by atoms with Gasteiger partial charge in [0, 0.05) is 10.5 Å². The Bertz CT molecular complexity index is 852. The van der Waals surface area contributed by atoms with E-state index in [2.05, 4.69) is 0 Å².